The Bertz CT molecular complexity index is 382. The van der Waals surface area contributed by atoms with Crippen LogP contribution in [0.2, 0.25) is 0 Å². The van der Waals surface area contributed by atoms with Crippen LogP contribution in [-0.2, 0) is 11.2 Å². The number of ether oxygens (including phenoxy) is 1. The molecule has 2 rings (SSSR count). The molecule has 1 saturated heterocycles. The fraction of sp³-hybridized carbons (Fsp3) is 0.571. The van der Waals surface area contributed by atoms with Crippen molar-refractivity contribution >= 4 is 0 Å². The average Bonchev–Trinajstić information content (AvgIpc) is 2.48. The van der Waals surface area contributed by atoms with E-state index in [1.807, 2.05) is 6.92 Å². The third kappa shape index (κ3) is 3.27. The van der Waals surface area contributed by atoms with Gasteiger partial charge in [0, 0.05) is 19.6 Å². The Hall–Kier alpha value is -0.930. The summed E-state index contributed by atoms with van der Waals surface area (Å²) in [6, 6.07) is 4.75. The maximum atomic E-state index is 13.0. The summed E-state index contributed by atoms with van der Waals surface area (Å²) in [6.45, 7) is 3.22. The molecule has 0 spiro atoms. The van der Waals surface area contributed by atoms with Gasteiger partial charge in [-0.1, -0.05) is 6.07 Å². The molecule has 1 N–H and O–H groups in total. The Morgan fingerprint density at radius 1 is 1.35 bits per heavy atom. The average molecular weight is 238 g/mol. The predicted molar refractivity (Wildman–Crippen MR) is 64.5 cm³/mol. The maximum absolute atomic E-state index is 13.0. The van der Waals surface area contributed by atoms with Crippen LogP contribution in [-0.4, -0.2) is 23.9 Å². The highest BCUT2D eigenvalue weighted by Crippen LogP contribution is 2.27. The number of hydrogen-bond donors (Lipinski definition) is 1. The van der Waals surface area contributed by atoms with E-state index >= 15 is 0 Å². The first-order valence-corrected chi connectivity index (χ1v) is 6.14. The minimum atomic E-state index is -0.695. The molecule has 17 heavy (non-hydrogen) atoms. The van der Waals surface area contributed by atoms with Gasteiger partial charge in [0.2, 0.25) is 0 Å². The van der Waals surface area contributed by atoms with Crippen molar-refractivity contribution < 1.29 is 14.2 Å². The molecule has 0 saturated carbocycles. The van der Waals surface area contributed by atoms with Crippen LogP contribution in [0.25, 0.3) is 0 Å². The lowest BCUT2D eigenvalue weighted by molar-refractivity contribution is 0.0187. The van der Waals surface area contributed by atoms with Gasteiger partial charge in [0.25, 0.3) is 0 Å². The quantitative estimate of drug-likeness (QED) is 0.858. The van der Waals surface area contributed by atoms with Crippen LogP contribution in [0.15, 0.2) is 18.2 Å². The predicted octanol–water partition coefficient (Wildman–Crippen LogP) is 2.61. The van der Waals surface area contributed by atoms with Gasteiger partial charge in [-0.25, -0.2) is 4.39 Å². The zero-order chi connectivity index (χ0) is 12.3. The van der Waals surface area contributed by atoms with Crippen LogP contribution < -0.4 is 0 Å². The van der Waals surface area contributed by atoms with E-state index in [1.54, 1.807) is 6.07 Å². The van der Waals surface area contributed by atoms with Gasteiger partial charge < -0.3 is 9.84 Å². The molecular weight excluding hydrogens is 219 g/mol. The van der Waals surface area contributed by atoms with Crippen molar-refractivity contribution in [3.63, 3.8) is 0 Å². The highest BCUT2D eigenvalue weighted by molar-refractivity contribution is 5.28. The van der Waals surface area contributed by atoms with Gasteiger partial charge in [-0.2, -0.15) is 0 Å². The van der Waals surface area contributed by atoms with Gasteiger partial charge in [-0.15, -0.1) is 0 Å². The van der Waals surface area contributed by atoms with Crippen molar-refractivity contribution in [3.8, 4) is 0 Å². The van der Waals surface area contributed by atoms with Crippen molar-refractivity contribution in [1.82, 2.24) is 0 Å². The van der Waals surface area contributed by atoms with Crippen LogP contribution >= 0.6 is 0 Å². The Kier molecular flexibility index (Phi) is 3.79. The Morgan fingerprint density at radius 3 is 2.94 bits per heavy atom. The smallest absolute Gasteiger partial charge is 0.123 e. The zero-order valence-corrected chi connectivity index (χ0v) is 10.2. The van der Waals surface area contributed by atoms with E-state index in [9.17, 15) is 9.50 Å². The van der Waals surface area contributed by atoms with E-state index < -0.39 is 5.60 Å². The molecule has 1 aromatic carbocycles. The first kappa shape index (κ1) is 12.5. The lowest BCUT2D eigenvalue weighted by Gasteiger charge is -2.26. The van der Waals surface area contributed by atoms with Crippen molar-refractivity contribution in [1.29, 1.82) is 0 Å². The van der Waals surface area contributed by atoms with E-state index in [2.05, 4.69) is 0 Å². The number of benzene rings is 1. The third-order valence-corrected chi connectivity index (χ3v) is 3.47. The summed E-state index contributed by atoms with van der Waals surface area (Å²) in [7, 11) is 0. The van der Waals surface area contributed by atoms with Crippen LogP contribution in [0.1, 0.15) is 30.4 Å². The fourth-order valence-electron chi connectivity index (χ4n) is 2.38. The van der Waals surface area contributed by atoms with Gasteiger partial charge in [0.1, 0.15) is 5.82 Å². The molecule has 94 valence electrons. The van der Waals surface area contributed by atoms with Crippen LogP contribution in [0, 0.1) is 12.7 Å². The maximum Gasteiger partial charge on any atom is 0.123 e. The van der Waals surface area contributed by atoms with E-state index in [0.717, 1.165) is 30.6 Å². The first-order valence-electron chi connectivity index (χ1n) is 6.14. The van der Waals surface area contributed by atoms with E-state index in [4.69, 9.17) is 4.74 Å². The lowest BCUT2D eigenvalue weighted by atomic mass is 9.86. The second kappa shape index (κ2) is 5.15. The molecule has 1 aromatic rings. The van der Waals surface area contributed by atoms with Crippen molar-refractivity contribution in [2.75, 3.05) is 13.2 Å². The number of rotatable bonds is 2. The van der Waals surface area contributed by atoms with Crippen LogP contribution in [0.3, 0.4) is 0 Å². The van der Waals surface area contributed by atoms with E-state index in [-0.39, 0.29) is 5.82 Å². The molecule has 0 radical (unpaired) electrons. The van der Waals surface area contributed by atoms with Crippen molar-refractivity contribution in [2.45, 2.75) is 38.2 Å². The Morgan fingerprint density at radius 2 is 2.18 bits per heavy atom. The highest BCUT2D eigenvalue weighted by Gasteiger charge is 2.29. The summed E-state index contributed by atoms with van der Waals surface area (Å²) in [6.07, 6.45) is 2.88. The van der Waals surface area contributed by atoms with Gasteiger partial charge in [-0.05, 0) is 49.4 Å². The summed E-state index contributed by atoms with van der Waals surface area (Å²) in [5.74, 6) is -0.220. The zero-order valence-electron chi connectivity index (χ0n) is 10.2. The molecule has 0 amide bonds. The summed E-state index contributed by atoms with van der Waals surface area (Å²) >= 11 is 0. The summed E-state index contributed by atoms with van der Waals surface area (Å²) < 4.78 is 18.4. The summed E-state index contributed by atoms with van der Waals surface area (Å²) in [4.78, 5) is 0. The fourth-order valence-corrected chi connectivity index (χ4v) is 2.38. The Labute approximate surface area is 101 Å². The van der Waals surface area contributed by atoms with Gasteiger partial charge in [0.15, 0.2) is 0 Å². The first-order chi connectivity index (χ1) is 8.09. The Balaban J connectivity index is 2.12. The number of aliphatic hydroxyl groups is 1. The minimum Gasteiger partial charge on any atom is -0.389 e. The van der Waals surface area contributed by atoms with Gasteiger partial charge in [-0.3, -0.25) is 0 Å². The normalized spacial score (nSPS) is 25.6. The van der Waals surface area contributed by atoms with Crippen LogP contribution in [0.5, 0.6) is 0 Å². The second-order valence-electron chi connectivity index (χ2n) is 4.94. The summed E-state index contributed by atoms with van der Waals surface area (Å²) in [5, 5.41) is 10.5. The van der Waals surface area contributed by atoms with E-state index in [1.165, 1.54) is 12.1 Å². The van der Waals surface area contributed by atoms with Gasteiger partial charge in [0.05, 0.1) is 5.60 Å². The number of aryl methyl sites for hydroxylation is 1. The lowest BCUT2D eigenvalue weighted by Crippen LogP contribution is -2.32. The molecule has 3 heteroatoms. The molecule has 2 nitrogen and oxygen atoms in total. The monoisotopic (exact) mass is 238 g/mol. The van der Waals surface area contributed by atoms with Gasteiger partial charge >= 0.3 is 0 Å². The third-order valence-electron chi connectivity index (χ3n) is 3.47. The highest BCUT2D eigenvalue weighted by atomic mass is 19.1. The topological polar surface area (TPSA) is 29.5 Å². The van der Waals surface area contributed by atoms with E-state index in [0.29, 0.717) is 19.4 Å². The summed E-state index contributed by atoms with van der Waals surface area (Å²) in [5.41, 5.74) is 1.23. The van der Waals surface area contributed by atoms with Crippen molar-refractivity contribution in [2.24, 2.45) is 0 Å². The largest absolute Gasteiger partial charge is 0.389 e. The van der Waals surface area contributed by atoms with Crippen molar-refractivity contribution in [3.05, 3.63) is 35.1 Å². The molecule has 1 fully saturated rings. The molecule has 0 bridgehead atoms. The molecule has 0 aromatic heterocycles. The molecular formula is C14H19FO2. The second-order valence-corrected chi connectivity index (χ2v) is 4.94. The van der Waals surface area contributed by atoms with Crippen LogP contribution in [0.4, 0.5) is 4.39 Å². The molecule has 1 atom stereocenters. The molecule has 1 aliphatic rings. The molecule has 1 heterocycles. The number of halogens is 1. The molecule has 1 unspecified atom stereocenters. The standard InChI is InChI=1S/C14H19FO2/c1-11-9-13(15)4-3-12(11)10-14(16)5-2-7-17-8-6-14/h3-4,9,16H,2,5-8,10H2,1H3. The number of hydrogen-bond acceptors (Lipinski definition) is 2. The molecule has 1 aliphatic heterocycles. The molecule has 0 aliphatic carbocycles. The minimum absolute atomic E-state index is 0.220. The SMILES string of the molecule is Cc1cc(F)ccc1CC1(O)CCCOCC1.